The Bertz CT molecular complexity index is 3080. The van der Waals surface area contributed by atoms with Gasteiger partial charge in [-0.2, -0.15) is 0 Å². The van der Waals surface area contributed by atoms with Crippen molar-refractivity contribution in [2.24, 2.45) is 0 Å². The quantitative estimate of drug-likeness (QED) is 0.121. The van der Waals surface area contributed by atoms with Gasteiger partial charge in [-0.3, -0.25) is 0 Å². The van der Waals surface area contributed by atoms with Crippen LogP contribution in [0.25, 0.3) is 56.2 Å². The molecule has 0 saturated heterocycles. The Labute approximate surface area is 374 Å². The molecule has 0 fully saturated rings. The van der Waals surface area contributed by atoms with Gasteiger partial charge in [-0.15, -0.1) is 0 Å². The van der Waals surface area contributed by atoms with E-state index in [1.54, 1.807) is 0 Å². The molecule has 0 bridgehead atoms. The van der Waals surface area contributed by atoms with Crippen LogP contribution in [-0.4, -0.2) is 0 Å². The minimum absolute atomic E-state index is 0.0724. The summed E-state index contributed by atoms with van der Waals surface area (Å²) in [5.74, 6) is 0.241. The lowest BCUT2D eigenvalue weighted by atomic mass is 9.81. The maximum atomic E-state index is 4.66. The van der Waals surface area contributed by atoms with Crippen molar-refractivity contribution < 1.29 is 0 Å². The molecular weight excluding hydrogens is 757 g/mol. The van der Waals surface area contributed by atoms with Gasteiger partial charge >= 0.3 is 0 Å². The second kappa shape index (κ2) is 16.9. The standard InChI is InChI=1S/C63H52/c1-43-17-11-12-26-56(43)57-35-33-53(41-60(57)44(2)47-19-7-5-8-20-47)52-25-16-24-51(40-52)50-23-15-18-46(38-50)39-55(37-45-29-31-49(32-30-45)48-21-9-6-10-22-48)54-34-36-59-58-27-13-14-28-61(58)63(3,4)62(59)42-54/h5-24,26-36,38-42,52H,2,25,37H2,1,3-4H3. The van der Waals surface area contributed by atoms with Crippen molar-refractivity contribution in [2.75, 3.05) is 0 Å². The van der Waals surface area contributed by atoms with E-state index in [9.17, 15) is 0 Å². The molecule has 2 aliphatic carbocycles. The largest absolute Gasteiger partial charge is 0.0905 e. The van der Waals surface area contributed by atoms with Crippen molar-refractivity contribution in [1.29, 1.82) is 0 Å². The Kier molecular flexibility index (Phi) is 10.7. The SMILES string of the molecule is C=C(c1ccccc1)c1cc(C2C=C(c3cccc(C=C(Cc4ccc(-c5ccccc5)cc4)c4ccc5c(c4)C(C)(C)c4ccccc4-5)c3)C=CC2)ccc1-c1ccccc1C. The molecule has 0 amide bonds. The van der Waals surface area contributed by atoms with Gasteiger partial charge in [0.25, 0.3) is 0 Å². The van der Waals surface area contributed by atoms with Crippen molar-refractivity contribution in [3.05, 3.63) is 275 Å². The highest BCUT2D eigenvalue weighted by molar-refractivity contribution is 5.90. The third kappa shape index (κ3) is 7.90. The molecule has 0 aliphatic heterocycles. The zero-order valence-electron chi connectivity index (χ0n) is 36.5. The van der Waals surface area contributed by atoms with Gasteiger partial charge in [0, 0.05) is 11.3 Å². The highest BCUT2D eigenvalue weighted by Crippen LogP contribution is 2.49. The smallest absolute Gasteiger partial charge is 0.0159 e. The number of rotatable bonds is 10. The molecule has 2 aliphatic rings. The second-order valence-corrected chi connectivity index (χ2v) is 17.8. The topological polar surface area (TPSA) is 0 Å². The summed E-state index contributed by atoms with van der Waals surface area (Å²) in [7, 11) is 0. The van der Waals surface area contributed by atoms with Crippen molar-refractivity contribution in [1.82, 2.24) is 0 Å². The summed E-state index contributed by atoms with van der Waals surface area (Å²) in [5, 5.41) is 0. The summed E-state index contributed by atoms with van der Waals surface area (Å²) in [5.41, 5.74) is 23.9. The van der Waals surface area contributed by atoms with E-state index in [0.717, 1.165) is 24.0 Å². The second-order valence-electron chi connectivity index (χ2n) is 17.8. The molecule has 0 nitrogen and oxygen atoms in total. The molecule has 0 spiro atoms. The predicted molar refractivity (Wildman–Crippen MR) is 270 cm³/mol. The molecule has 0 aromatic heterocycles. The van der Waals surface area contributed by atoms with Crippen molar-refractivity contribution in [2.45, 2.75) is 44.9 Å². The fourth-order valence-corrected chi connectivity index (χ4v) is 9.87. The van der Waals surface area contributed by atoms with Gasteiger partial charge in [-0.05, 0) is 144 Å². The molecule has 1 atom stereocenters. The van der Waals surface area contributed by atoms with E-state index >= 15 is 0 Å². The van der Waals surface area contributed by atoms with Crippen LogP contribution in [0.5, 0.6) is 0 Å². The van der Waals surface area contributed by atoms with Crippen LogP contribution < -0.4 is 0 Å². The van der Waals surface area contributed by atoms with E-state index in [-0.39, 0.29) is 11.3 Å². The average Bonchev–Trinajstić information content (AvgIpc) is 3.57. The summed E-state index contributed by atoms with van der Waals surface area (Å²) < 4.78 is 0. The summed E-state index contributed by atoms with van der Waals surface area (Å²) in [6, 6.07) is 71.2. The molecule has 0 heterocycles. The molecular formula is C63H52. The van der Waals surface area contributed by atoms with Gasteiger partial charge in [0.15, 0.2) is 0 Å². The van der Waals surface area contributed by atoms with E-state index in [0.29, 0.717) is 0 Å². The van der Waals surface area contributed by atoms with E-state index in [1.165, 1.54) is 94.6 Å². The lowest BCUT2D eigenvalue weighted by Gasteiger charge is -2.22. The Morgan fingerprint density at radius 2 is 1.24 bits per heavy atom. The van der Waals surface area contributed by atoms with Crippen LogP contribution in [0.4, 0.5) is 0 Å². The summed E-state index contributed by atoms with van der Waals surface area (Å²) in [6.45, 7) is 11.6. The zero-order chi connectivity index (χ0) is 42.9. The van der Waals surface area contributed by atoms with Crippen molar-refractivity contribution in [3.63, 3.8) is 0 Å². The van der Waals surface area contributed by atoms with Gasteiger partial charge in [0.2, 0.25) is 0 Å². The highest BCUT2D eigenvalue weighted by atomic mass is 14.4. The van der Waals surface area contributed by atoms with Crippen LogP contribution >= 0.6 is 0 Å². The first-order valence-corrected chi connectivity index (χ1v) is 22.3. The molecule has 63 heavy (non-hydrogen) atoms. The Balaban J connectivity index is 1.01. The first kappa shape index (κ1) is 39.8. The minimum atomic E-state index is -0.0724. The number of aryl methyl sites for hydroxylation is 1. The van der Waals surface area contributed by atoms with Crippen molar-refractivity contribution in [3.8, 4) is 33.4 Å². The van der Waals surface area contributed by atoms with E-state index in [4.69, 9.17) is 0 Å². The number of benzene rings is 8. The molecule has 0 radical (unpaired) electrons. The summed E-state index contributed by atoms with van der Waals surface area (Å²) in [6.07, 6.45) is 11.3. The average molecular weight is 809 g/mol. The molecule has 10 rings (SSSR count). The maximum absolute atomic E-state index is 4.66. The van der Waals surface area contributed by atoms with Gasteiger partial charge in [0.05, 0.1) is 0 Å². The van der Waals surface area contributed by atoms with Crippen LogP contribution in [0, 0.1) is 6.92 Å². The van der Waals surface area contributed by atoms with Crippen LogP contribution in [0.15, 0.2) is 219 Å². The molecule has 304 valence electrons. The van der Waals surface area contributed by atoms with Crippen LogP contribution in [0.2, 0.25) is 0 Å². The zero-order valence-corrected chi connectivity index (χ0v) is 36.5. The van der Waals surface area contributed by atoms with E-state index < -0.39 is 0 Å². The monoisotopic (exact) mass is 808 g/mol. The lowest BCUT2D eigenvalue weighted by molar-refractivity contribution is 0.660. The molecule has 0 heteroatoms. The molecule has 8 aromatic carbocycles. The molecule has 0 saturated carbocycles. The first-order valence-electron chi connectivity index (χ1n) is 22.3. The van der Waals surface area contributed by atoms with Gasteiger partial charge in [-0.25, -0.2) is 0 Å². The predicted octanol–water partition coefficient (Wildman–Crippen LogP) is 16.6. The first-order chi connectivity index (χ1) is 30.8. The lowest BCUT2D eigenvalue weighted by Crippen LogP contribution is -2.15. The van der Waals surface area contributed by atoms with Crippen molar-refractivity contribution >= 4 is 22.8 Å². The normalized spacial score (nSPS) is 15.1. The fraction of sp³-hybridized carbons (Fsp3) is 0.111. The summed E-state index contributed by atoms with van der Waals surface area (Å²) in [4.78, 5) is 0. The van der Waals surface area contributed by atoms with Crippen LogP contribution in [-0.2, 0) is 11.8 Å². The number of hydrogen-bond acceptors (Lipinski definition) is 0. The van der Waals surface area contributed by atoms with E-state index in [2.05, 4.69) is 246 Å². The molecule has 8 aromatic rings. The van der Waals surface area contributed by atoms with Crippen LogP contribution in [0.3, 0.4) is 0 Å². The summed E-state index contributed by atoms with van der Waals surface area (Å²) >= 11 is 0. The highest BCUT2D eigenvalue weighted by Gasteiger charge is 2.35. The Hall–Kier alpha value is -7.28. The van der Waals surface area contributed by atoms with Crippen LogP contribution in [0.1, 0.15) is 81.8 Å². The third-order valence-corrected chi connectivity index (χ3v) is 13.4. The Morgan fingerprint density at radius 1 is 0.571 bits per heavy atom. The molecule has 0 N–H and O–H groups in total. The van der Waals surface area contributed by atoms with Gasteiger partial charge < -0.3 is 0 Å². The Morgan fingerprint density at radius 3 is 2.03 bits per heavy atom. The molecule has 1 unspecified atom stereocenters. The maximum Gasteiger partial charge on any atom is 0.0159 e. The number of allylic oxidation sites excluding steroid dienone is 5. The van der Waals surface area contributed by atoms with Gasteiger partial charge in [0.1, 0.15) is 0 Å². The van der Waals surface area contributed by atoms with E-state index in [1.807, 2.05) is 0 Å². The minimum Gasteiger partial charge on any atom is -0.0905 e. The fourth-order valence-electron chi connectivity index (χ4n) is 9.87. The van der Waals surface area contributed by atoms with Gasteiger partial charge in [-0.1, -0.05) is 221 Å². The number of hydrogen-bond donors (Lipinski definition) is 0. The number of fused-ring (bicyclic) bond motifs is 3. The third-order valence-electron chi connectivity index (χ3n) is 13.4.